The van der Waals surface area contributed by atoms with Gasteiger partial charge < -0.3 is 14.7 Å². The van der Waals surface area contributed by atoms with E-state index in [4.69, 9.17) is 4.74 Å². The van der Waals surface area contributed by atoms with Crippen LogP contribution in [0.1, 0.15) is 58.1 Å². The van der Waals surface area contributed by atoms with E-state index >= 15 is 0 Å². The smallest absolute Gasteiger partial charge is 0.409 e. The van der Waals surface area contributed by atoms with Crippen LogP contribution >= 0.6 is 11.8 Å². The molecule has 2 rings (SSSR count). The Hall–Kier alpha value is -1.20. The lowest BCUT2D eigenvalue weighted by Gasteiger charge is -2.39. The average Bonchev–Trinajstić information content (AvgIpc) is 2.61. The molecule has 0 radical (unpaired) electrons. The van der Waals surface area contributed by atoms with Crippen molar-refractivity contribution >= 4 is 17.9 Å². The minimum atomic E-state index is -0.865. The van der Waals surface area contributed by atoms with E-state index in [9.17, 15) is 9.90 Å². The van der Waals surface area contributed by atoms with Crippen molar-refractivity contribution in [1.29, 1.82) is 0 Å². The number of amides is 1. The van der Waals surface area contributed by atoms with Crippen molar-refractivity contribution in [2.24, 2.45) is 0 Å². The summed E-state index contributed by atoms with van der Waals surface area (Å²) in [7, 11) is 0. The molecule has 1 amide bonds. The third-order valence-electron chi connectivity index (χ3n) is 5.11. The molecule has 0 aromatic heterocycles. The molecule has 0 bridgehead atoms. The van der Waals surface area contributed by atoms with Crippen molar-refractivity contribution in [2.45, 2.75) is 63.1 Å². The first-order chi connectivity index (χ1) is 11.8. The van der Waals surface area contributed by atoms with E-state index in [1.165, 1.54) is 5.56 Å². The summed E-state index contributed by atoms with van der Waals surface area (Å²) in [5, 5.41) is 11.3. The number of rotatable bonds is 6. The number of hydrogen-bond donors (Lipinski definition) is 1. The van der Waals surface area contributed by atoms with E-state index in [0.717, 1.165) is 17.7 Å². The second-order valence-electron chi connectivity index (χ2n) is 7.28. The Balaban J connectivity index is 2.09. The Bertz CT molecular complexity index is 580. The molecule has 4 nitrogen and oxygen atoms in total. The number of likely N-dealkylation sites (tertiary alicyclic amines) is 1. The van der Waals surface area contributed by atoms with E-state index in [1.807, 2.05) is 36.9 Å². The molecule has 1 aliphatic heterocycles. The number of thioether (sulfide) groups is 1. The summed E-state index contributed by atoms with van der Waals surface area (Å²) in [5.74, 6) is 0.890. The molecule has 1 heterocycles. The van der Waals surface area contributed by atoms with Crippen molar-refractivity contribution in [2.75, 3.05) is 19.7 Å². The van der Waals surface area contributed by atoms with Gasteiger partial charge >= 0.3 is 6.09 Å². The van der Waals surface area contributed by atoms with Gasteiger partial charge in [0.05, 0.1) is 12.2 Å². The highest BCUT2D eigenvalue weighted by atomic mass is 32.2. The molecule has 0 spiro atoms. The number of nitrogens with zero attached hydrogens (tertiary/aromatic N) is 1. The Morgan fingerprint density at radius 3 is 2.52 bits per heavy atom. The van der Waals surface area contributed by atoms with Crippen molar-refractivity contribution in [3.05, 3.63) is 35.4 Å². The maximum absolute atomic E-state index is 11.9. The lowest BCUT2D eigenvalue weighted by molar-refractivity contribution is -0.0248. The predicted octanol–water partition coefficient (Wildman–Crippen LogP) is 4.55. The molecular weight excluding hydrogens is 334 g/mol. The van der Waals surface area contributed by atoms with Gasteiger partial charge in [0.15, 0.2) is 0 Å². The highest BCUT2D eigenvalue weighted by molar-refractivity contribution is 7.99. The normalized spacial score (nSPS) is 17.4. The van der Waals surface area contributed by atoms with E-state index in [0.29, 0.717) is 32.5 Å². The first-order valence-corrected chi connectivity index (χ1v) is 10.2. The molecule has 1 aliphatic rings. The highest BCUT2D eigenvalue weighted by Gasteiger charge is 2.37. The van der Waals surface area contributed by atoms with Crippen LogP contribution in [0.15, 0.2) is 24.3 Å². The minimum Gasteiger partial charge on any atom is -0.450 e. The highest BCUT2D eigenvalue weighted by Crippen LogP contribution is 2.38. The maximum Gasteiger partial charge on any atom is 0.409 e. The third kappa shape index (κ3) is 5.14. The van der Waals surface area contributed by atoms with Crippen molar-refractivity contribution in [3.63, 3.8) is 0 Å². The molecule has 1 aromatic carbocycles. The van der Waals surface area contributed by atoms with Crippen LogP contribution in [0.4, 0.5) is 4.79 Å². The number of aliphatic hydroxyl groups is 1. The Kier molecular flexibility index (Phi) is 6.80. The minimum absolute atomic E-state index is 0.225. The van der Waals surface area contributed by atoms with Crippen LogP contribution in [-0.4, -0.2) is 40.5 Å². The van der Waals surface area contributed by atoms with E-state index in [2.05, 4.69) is 26.8 Å². The summed E-state index contributed by atoms with van der Waals surface area (Å²) in [6, 6.07) is 8.18. The van der Waals surface area contributed by atoms with Crippen molar-refractivity contribution in [1.82, 2.24) is 4.90 Å². The Morgan fingerprint density at radius 1 is 1.28 bits per heavy atom. The van der Waals surface area contributed by atoms with Gasteiger partial charge in [-0.15, -0.1) is 0 Å². The van der Waals surface area contributed by atoms with Crippen LogP contribution < -0.4 is 0 Å². The molecule has 0 saturated carbocycles. The monoisotopic (exact) mass is 365 g/mol. The first kappa shape index (κ1) is 20.1. The van der Waals surface area contributed by atoms with Gasteiger partial charge in [-0.2, -0.15) is 11.8 Å². The topological polar surface area (TPSA) is 49.8 Å². The van der Waals surface area contributed by atoms with E-state index < -0.39 is 5.60 Å². The van der Waals surface area contributed by atoms with Gasteiger partial charge in [-0.3, -0.25) is 0 Å². The van der Waals surface area contributed by atoms with Crippen LogP contribution in [-0.2, 0) is 16.1 Å². The van der Waals surface area contributed by atoms with E-state index in [-0.39, 0.29) is 10.8 Å². The molecule has 0 aliphatic carbocycles. The summed E-state index contributed by atoms with van der Waals surface area (Å²) in [6.07, 6.45) is 1.92. The second-order valence-corrected chi connectivity index (χ2v) is 8.96. The van der Waals surface area contributed by atoms with E-state index in [1.54, 1.807) is 4.90 Å². The zero-order valence-electron chi connectivity index (χ0n) is 15.9. The SMILES string of the molecule is CCOC(=O)N1CCC(O)(c2ccccc2CSC(C)(C)CC)CC1. The molecular formula is C20H31NO3S. The molecule has 0 unspecified atom stereocenters. The van der Waals surface area contributed by atoms with Crippen LogP contribution in [0, 0.1) is 0 Å². The zero-order valence-corrected chi connectivity index (χ0v) is 16.7. The Labute approximate surface area is 155 Å². The number of benzene rings is 1. The molecule has 1 fully saturated rings. The van der Waals surface area contributed by atoms with Gasteiger partial charge in [0.1, 0.15) is 0 Å². The number of hydrogen-bond acceptors (Lipinski definition) is 4. The van der Waals surface area contributed by atoms with Gasteiger partial charge in [-0.25, -0.2) is 4.79 Å². The maximum atomic E-state index is 11.9. The molecule has 1 aromatic rings. The average molecular weight is 366 g/mol. The first-order valence-electron chi connectivity index (χ1n) is 9.18. The summed E-state index contributed by atoms with van der Waals surface area (Å²) >= 11 is 1.93. The Morgan fingerprint density at radius 2 is 1.92 bits per heavy atom. The third-order valence-corrected chi connectivity index (χ3v) is 6.63. The van der Waals surface area contributed by atoms with Crippen molar-refractivity contribution in [3.8, 4) is 0 Å². The summed E-state index contributed by atoms with van der Waals surface area (Å²) in [5.41, 5.74) is 1.34. The molecule has 1 N–H and O–H groups in total. The number of carbonyl (C=O) groups excluding carboxylic acids is 1. The standard InChI is InChI=1S/C20H31NO3S/c1-5-19(3,4)25-15-16-9-7-8-10-17(16)20(23)11-13-21(14-12-20)18(22)24-6-2/h7-10,23H,5-6,11-15H2,1-4H3. The fourth-order valence-corrected chi connectivity index (χ4v) is 4.02. The molecule has 5 heteroatoms. The van der Waals surface area contributed by atoms with Crippen molar-refractivity contribution < 1.29 is 14.6 Å². The van der Waals surface area contributed by atoms with Gasteiger partial charge in [-0.1, -0.05) is 45.0 Å². The second kappa shape index (κ2) is 8.45. The largest absolute Gasteiger partial charge is 0.450 e. The molecule has 140 valence electrons. The van der Waals surface area contributed by atoms with Crippen LogP contribution in [0.25, 0.3) is 0 Å². The lowest BCUT2D eigenvalue weighted by Crippen LogP contribution is -2.45. The van der Waals surface area contributed by atoms with Gasteiger partial charge in [0.2, 0.25) is 0 Å². The van der Waals surface area contributed by atoms with Crippen LogP contribution in [0.5, 0.6) is 0 Å². The summed E-state index contributed by atoms with van der Waals surface area (Å²) in [4.78, 5) is 13.6. The summed E-state index contributed by atoms with van der Waals surface area (Å²) < 4.78 is 5.29. The fourth-order valence-electron chi connectivity index (χ4n) is 3.02. The number of ether oxygens (including phenoxy) is 1. The molecule has 0 atom stereocenters. The predicted molar refractivity (Wildman–Crippen MR) is 104 cm³/mol. The van der Waals surface area contributed by atoms with Gasteiger partial charge in [-0.05, 0) is 37.3 Å². The van der Waals surface area contributed by atoms with Crippen LogP contribution in [0.3, 0.4) is 0 Å². The quantitative estimate of drug-likeness (QED) is 0.803. The lowest BCUT2D eigenvalue weighted by atomic mass is 9.82. The fraction of sp³-hybridized carbons (Fsp3) is 0.650. The molecule has 25 heavy (non-hydrogen) atoms. The van der Waals surface area contributed by atoms with Gasteiger partial charge in [0, 0.05) is 23.6 Å². The summed E-state index contributed by atoms with van der Waals surface area (Å²) in [6.45, 7) is 9.96. The zero-order chi connectivity index (χ0) is 18.5. The number of carbonyl (C=O) groups is 1. The molecule has 1 saturated heterocycles. The van der Waals surface area contributed by atoms with Crippen LogP contribution in [0.2, 0.25) is 0 Å². The number of piperidine rings is 1. The van der Waals surface area contributed by atoms with Gasteiger partial charge in [0.25, 0.3) is 0 Å².